The van der Waals surface area contributed by atoms with E-state index in [4.69, 9.17) is 0 Å². The molecule has 1 saturated heterocycles. The van der Waals surface area contributed by atoms with Crippen molar-refractivity contribution < 1.29 is 9.18 Å². The van der Waals surface area contributed by atoms with Gasteiger partial charge in [0.1, 0.15) is 0 Å². The number of fused-ring (bicyclic) bond motifs is 1. The van der Waals surface area contributed by atoms with E-state index in [-0.39, 0.29) is 30.5 Å². The van der Waals surface area contributed by atoms with Crippen LogP contribution in [0.15, 0.2) is 77.6 Å². The second kappa shape index (κ2) is 9.48. The van der Waals surface area contributed by atoms with Crippen LogP contribution in [0.2, 0.25) is 0 Å². The molecule has 3 aromatic carbocycles. The van der Waals surface area contributed by atoms with Crippen molar-refractivity contribution >= 4 is 35.8 Å². The molecule has 0 spiro atoms. The molecule has 1 aromatic heterocycles. The Morgan fingerprint density at radius 2 is 1.58 bits per heavy atom. The predicted molar refractivity (Wildman–Crippen MR) is 130 cm³/mol. The van der Waals surface area contributed by atoms with Gasteiger partial charge in [0.25, 0.3) is 0 Å². The molecule has 1 aliphatic rings. The van der Waals surface area contributed by atoms with E-state index < -0.39 is 0 Å². The third kappa shape index (κ3) is 4.71. The van der Waals surface area contributed by atoms with Gasteiger partial charge in [0.2, 0.25) is 0 Å². The molecule has 168 valence electrons. The molecule has 7 heteroatoms. The number of nitrogens with zero attached hydrogens (tertiary/aromatic N) is 3. The van der Waals surface area contributed by atoms with Crippen molar-refractivity contribution in [1.82, 2.24) is 9.47 Å². The summed E-state index contributed by atoms with van der Waals surface area (Å²) >= 11 is -0.302. The molecule has 2 heterocycles. The van der Waals surface area contributed by atoms with Crippen LogP contribution >= 0.6 is 0 Å². The van der Waals surface area contributed by atoms with Crippen LogP contribution in [0.1, 0.15) is 15.9 Å². The number of hydrogen-bond acceptors (Lipinski definition) is 4. The summed E-state index contributed by atoms with van der Waals surface area (Å²) in [4.78, 5) is 30.1. The Labute approximate surface area is 197 Å². The zero-order valence-electron chi connectivity index (χ0n) is 18.1. The third-order valence-electron chi connectivity index (χ3n) is 6.17. The van der Waals surface area contributed by atoms with Gasteiger partial charge in [0, 0.05) is 0 Å². The number of rotatable bonds is 6. The summed E-state index contributed by atoms with van der Waals surface area (Å²) in [5.74, 6) is -0.231. The Hall–Kier alpha value is -2.99. The van der Waals surface area contributed by atoms with Crippen molar-refractivity contribution in [3.8, 4) is 0 Å². The maximum atomic E-state index is 13.2. The first-order valence-corrected chi connectivity index (χ1v) is 12.8. The Kier molecular flexibility index (Phi) is 6.27. The quantitative estimate of drug-likeness (QED) is 0.297. The van der Waals surface area contributed by atoms with Crippen molar-refractivity contribution in [2.45, 2.75) is 6.54 Å². The fourth-order valence-electron chi connectivity index (χ4n) is 4.30. The third-order valence-corrected chi connectivity index (χ3v) is 8.15. The predicted octanol–water partition coefficient (Wildman–Crippen LogP) is 3.25. The minimum absolute atomic E-state index is 0.0147. The van der Waals surface area contributed by atoms with Crippen LogP contribution in [0.5, 0.6) is 0 Å². The van der Waals surface area contributed by atoms with Crippen molar-refractivity contribution in [3.63, 3.8) is 0 Å². The molecular weight excluding hydrogens is 484 g/mol. The van der Waals surface area contributed by atoms with Crippen molar-refractivity contribution in [2.24, 2.45) is 0 Å². The number of ketones is 1. The van der Waals surface area contributed by atoms with E-state index >= 15 is 0 Å². The average Bonchev–Trinajstić information content (AvgIpc) is 3.17. The van der Waals surface area contributed by atoms with Crippen molar-refractivity contribution in [1.29, 1.82) is 0 Å². The molecule has 0 saturated carbocycles. The van der Waals surface area contributed by atoms with Gasteiger partial charge in [0.15, 0.2) is 0 Å². The summed E-state index contributed by atoms with van der Waals surface area (Å²) in [7, 11) is 0. The monoisotopic (exact) mass is 509 g/mol. The number of hydrogen-bond donors (Lipinski definition) is 0. The van der Waals surface area contributed by atoms with Crippen LogP contribution < -0.4 is 9.33 Å². The van der Waals surface area contributed by atoms with E-state index in [9.17, 15) is 14.0 Å². The first-order valence-electron chi connectivity index (χ1n) is 11.0. The molecule has 33 heavy (non-hydrogen) atoms. The molecule has 0 atom stereocenters. The van der Waals surface area contributed by atoms with E-state index in [1.807, 2.05) is 65.2 Å². The van der Waals surface area contributed by atoms with Gasteiger partial charge in [-0.1, -0.05) is 0 Å². The second-order valence-corrected chi connectivity index (χ2v) is 10.3. The average molecular weight is 508 g/mol. The van der Waals surface area contributed by atoms with Gasteiger partial charge in [-0.3, -0.25) is 0 Å². The molecule has 5 rings (SSSR count). The first-order chi connectivity index (χ1) is 16.1. The summed E-state index contributed by atoms with van der Waals surface area (Å²) in [6.07, 6.45) is 0. The molecule has 0 bridgehead atoms. The number of aromatic nitrogens is 1. The molecule has 4 aromatic rings. The molecular formula is C26H24FN3O2Se. The maximum absolute atomic E-state index is 13.2. The summed E-state index contributed by atoms with van der Waals surface area (Å²) < 4.78 is 16.2. The van der Waals surface area contributed by atoms with Gasteiger partial charge in [0.05, 0.1) is 0 Å². The minimum atomic E-state index is -0.302. The van der Waals surface area contributed by atoms with E-state index in [1.54, 1.807) is 0 Å². The molecule has 0 N–H and O–H groups in total. The number of anilines is 1. The number of carbonyl (C=O) groups excluding carboxylic acids is 1. The van der Waals surface area contributed by atoms with E-state index in [0.717, 1.165) is 48.2 Å². The summed E-state index contributed by atoms with van der Waals surface area (Å²) in [5.41, 5.74) is 3.28. The first kappa shape index (κ1) is 21.8. The van der Waals surface area contributed by atoms with E-state index in [1.165, 1.54) is 12.1 Å². The topological polar surface area (TPSA) is 45.6 Å². The zero-order valence-corrected chi connectivity index (χ0v) is 19.8. The van der Waals surface area contributed by atoms with Gasteiger partial charge in [-0.2, -0.15) is 0 Å². The SMILES string of the molecule is O=C(c1ccccc1)c1ccc2c(c1)[se]c(=O)n2CCN1CCN(c2ccc(F)cc2)CC1. The van der Waals surface area contributed by atoms with Crippen LogP contribution in [-0.4, -0.2) is 62.5 Å². The normalized spacial score (nSPS) is 14.6. The number of piperazine rings is 1. The summed E-state index contributed by atoms with van der Waals surface area (Å²) in [5, 5.41) is 0. The van der Waals surface area contributed by atoms with Gasteiger partial charge in [-0.25, -0.2) is 4.39 Å². The van der Waals surface area contributed by atoms with Crippen molar-refractivity contribution in [3.05, 3.63) is 99.0 Å². The number of carbonyl (C=O) groups is 1. The Balaban J connectivity index is 1.24. The van der Waals surface area contributed by atoms with Crippen molar-refractivity contribution in [2.75, 3.05) is 37.6 Å². The molecule has 0 aliphatic carbocycles. The van der Waals surface area contributed by atoms with Crippen LogP contribution in [0.3, 0.4) is 0 Å². The van der Waals surface area contributed by atoms with Gasteiger partial charge in [-0.15, -0.1) is 0 Å². The number of halogens is 1. The van der Waals surface area contributed by atoms with Gasteiger partial charge in [-0.05, 0) is 0 Å². The summed E-state index contributed by atoms with van der Waals surface area (Å²) in [6, 6.07) is 21.5. The molecule has 1 fully saturated rings. The second-order valence-electron chi connectivity index (χ2n) is 8.20. The fraction of sp³-hybridized carbons (Fsp3) is 0.231. The molecule has 1 aliphatic heterocycles. The standard InChI is InChI=1S/C26H24FN3O2Se/c27-21-7-9-22(10-8-21)29-15-12-28(13-16-29)14-17-30-23-11-6-20(18-24(23)33-26(30)32)25(31)19-4-2-1-3-5-19/h1-11,18H,12-17H2. The van der Waals surface area contributed by atoms with Crippen LogP contribution in [0.4, 0.5) is 10.1 Å². The number of benzene rings is 3. The van der Waals surface area contributed by atoms with Gasteiger partial charge >= 0.3 is 193 Å². The molecule has 0 amide bonds. The van der Waals surface area contributed by atoms with Crippen LogP contribution in [0.25, 0.3) is 9.78 Å². The van der Waals surface area contributed by atoms with Crippen LogP contribution in [0, 0.1) is 5.82 Å². The zero-order chi connectivity index (χ0) is 22.8. The molecule has 0 unspecified atom stereocenters. The molecule has 5 nitrogen and oxygen atoms in total. The van der Waals surface area contributed by atoms with Crippen LogP contribution in [-0.2, 0) is 6.54 Å². The Morgan fingerprint density at radius 3 is 2.30 bits per heavy atom. The summed E-state index contributed by atoms with van der Waals surface area (Å²) in [6.45, 7) is 5.03. The Bertz CT molecular complexity index is 1320. The van der Waals surface area contributed by atoms with Gasteiger partial charge < -0.3 is 0 Å². The molecule has 0 radical (unpaired) electrons. The van der Waals surface area contributed by atoms with E-state index in [0.29, 0.717) is 17.7 Å². The van der Waals surface area contributed by atoms with E-state index in [2.05, 4.69) is 9.80 Å². The Morgan fingerprint density at radius 1 is 0.848 bits per heavy atom. The fourth-order valence-corrected chi connectivity index (χ4v) is 6.31.